The van der Waals surface area contributed by atoms with Crippen LogP contribution >= 0.6 is 0 Å². The summed E-state index contributed by atoms with van der Waals surface area (Å²) < 4.78 is 0. The number of hydrogen-bond acceptors (Lipinski definition) is 3. The molecule has 0 aromatic rings. The molecule has 0 aliphatic heterocycles. The Hall–Kier alpha value is -0.120. The molecule has 2 atom stereocenters. The number of nitrogens with zero attached hydrogens (tertiary/aromatic N) is 2. The highest BCUT2D eigenvalue weighted by Crippen LogP contribution is 2.36. The third-order valence-electron chi connectivity index (χ3n) is 5.44. The minimum Gasteiger partial charge on any atom is -0.329 e. The monoisotopic (exact) mass is 297 g/mol. The minimum absolute atomic E-state index is 0.281. The van der Waals surface area contributed by atoms with Crippen LogP contribution in [0, 0.1) is 5.92 Å². The standard InChI is InChI=1S/C18H39N3/c1-5-9-17-10-7-12-18(16-19,13-11-17)21(6-2)15-8-14-20(3)4/h17H,5-16,19H2,1-4H3. The topological polar surface area (TPSA) is 32.5 Å². The predicted octanol–water partition coefficient (Wildman–Crippen LogP) is 3.34. The Kier molecular flexibility index (Phi) is 8.84. The molecule has 1 aliphatic rings. The summed E-state index contributed by atoms with van der Waals surface area (Å²) in [4.78, 5) is 4.98. The van der Waals surface area contributed by atoms with Crippen LogP contribution in [0.5, 0.6) is 0 Å². The maximum Gasteiger partial charge on any atom is 0.0331 e. The molecule has 0 amide bonds. The minimum atomic E-state index is 0.281. The second-order valence-electron chi connectivity index (χ2n) is 7.25. The largest absolute Gasteiger partial charge is 0.329 e. The second kappa shape index (κ2) is 9.81. The first-order valence-electron chi connectivity index (χ1n) is 9.17. The Morgan fingerprint density at radius 1 is 1.10 bits per heavy atom. The summed E-state index contributed by atoms with van der Waals surface area (Å²) in [6.07, 6.45) is 10.8. The van der Waals surface area contributed by atoms with Crippen molar-refractivity contribution in [3.63, 3.8) is 0 Å². The molecular weight excluding hydrogens is 258 g/mol. The highest BCUT2D eigenvalue weighted by Gasteiger charge is 2.36. The lowest BCUT2D eigenvalue weighted by atomic mass is 9.87. The highest BCUT2D eigenvalue weighted by atomic mass is 15.2. The van der Waals surface area contributed by atoms with Gasteiger partial charge in [-0.25, -0.2) is 0 Å². The lowest BCUT2D eigenvalue weighted by molar-refractivity contribution is 0.0787. The van der Waals surface area contributed by atoms with Gasteiger partial charge in [-0.1, -0.05) is 39.5 Å². The lowest BCUT2D eigenvalue weighted by Gasteiger charge is -2.43. The first-order chi connectivity index (χ1) is 10.1. The SMILES string of the molecule is CCCC1CCCC(CN)(N(CC)CCCN(C)C)CC1. The number of nitrogens with two attached hydrogens (primary N) is 1. The zero-order valence-corrected chi connectivity index (χ0v) is 15.0. The van der Waals surface area contributed by atoms with Crippen molar-refractivity contribution in [2.75, 3.05) is 40.3 Å². The van der Waals surface area contributed by atoms with E-state index in [1.807, 2.05) is 0 Å². The molecule has 2 N–H and O–H groups in total. The lowest BCUT2D eigenvalue weighted by Crippen LogP contribution is -2.54. The van der Waals surface area contributed by atoms with Crippen molar-refractivity contribution in [1.29, 1.82) is 0 Å². The second-order valence-corrected chi connectivity index (χ2v) is 7.25. The molecule has 0 spiro atoms. The molecular formula is C18H39N3. The molecule has 0 radical (unpaired) electrons. The summed E-state index contributed by atoms with van der Waals surface area (Å²) in [7, 11) is 4.33. The van der Waals surface area contributed by atoms with E-state index in [0.717, 1.165) is 19.0 Å². The third kappa shape index (κ3) is 5.88. The van der Waals surface area contributed by atoms with E-state index in [0.29, 0.717) is 0 Å². The molecule has 2 unspecified atom stereocenters. The molecule has 0 aromatic carbocycles. The number of likely N-dealkylation sites (N-methyl/N-ethyl adjacent to an activating group) is 1. The normalized spacial score (nSPS) is 27.3. The van der Waals surface area contributed by atoms with E-state index in [4.69, 9.17) is 5.73 Å². The van der Waals surface area contributed by atoms with Gasteiger partial charge >= 0.3 is 0 Å². The molecule has 0 aromatic heterocycles. The molecule has 1 saturated carbocycles. The quantitative estimate of drug-likeness (QED) is 0.663. The zero-order chi connectivity index (χ0) is 15.7. The van der Waals surface area contributed by atoms with Crippen LogP contribution in [-0.4, -0.2) is 55.6 Å². The van der Waals surface area contributed by atoms with Crippen molar-refractivity contribution in [3.05, 3.63) is 0 Å². The van der Waals surface area contributed by atoms with Gasteiger partial charge in [0.15, 0.2) is 0 Å². The average molecular weight is 298 g/mol. The highest BCUT2D eigenvalue weighted by molar-refractivity contribution is 4.94. The maximum absolute atomic E-state index is 6.28. The number of hydrogen-bond donors (Lipinski definition) is 1. The Bertz CT molecular complexity index is 267. The van der Waals surface area contributed by atoms with E-state index >= 15 is 0 Å². The Morgan fingerprint density at radius 2 is 1.86 bits per heavy atom. The first kappa shape index (κ1) is 18.9. The molecule has 3 nitrogen and oxygen atoms in total. The summed E-state index contributed by atoms with van der Waals surface area (Å²) in [6.45, 7) is 8.98. The van der Waals surface area contributed by atoms with Gasteiger partial charge in [-0.05, 0) is 65.3 Å². The molecule has 21 heavy (non-hydrogen) atoms. The molecule has 1 rings (SSSR count). The fourth-order valence-electron chi connectivity index (χ4n) is 4.12. The average Bonchev–Trinajstić information content (AvgIpc) is 2.67. The molecule has 0 heterocycles. The van der Waals surface area contributed by atoms with E-state index in [2.05, 4.69) is 37.7 Å². The van der Waals surface area contributed by atoms with Gasteiger partial charge in [-0.15, -0.1) is 0 Å². The first-order valence-corrected chi connectivity index (χ1v) is 9.17. The van der Waals surface area contributed by atoms with Gasteiger partial charge < -0.3 is 10.6 Å². The summed E-state index contributed by atoms with van der Waals surface area (Å²) in [6, 6.07) is 0. The van der Waals surface area contributed by atoms with E-state index in [1.54, 1.807) is 0 Å². The summed E-state index contributed by atoms with van der Waals surface area (Å²) in [5, 5.41) is 0. The smallest absolute Gasteiger partial charge is 0.0331 e. The molecule has 126 valence electrons. The van der Waals surface area contributed by atoms with Crippen LogP contribution in [0.1, 0.15) is 65.2 Å². The van der Waals surface area contributed by atoms with Crippen molar-refractivity contribution in [3.8, 4) is 0 Å². The van der Waals surface area contributed by atoms with Gasteiger partial charge in [0.05, 0.1) is 0 Å². The molecule has 0 bridgehead atoms. The van der Waals surface area contributed by atoms with Crippen molar-refractivity contribution < 1.29 is 0 Å². The zero-order valence-electron chi connectivity index (χ0n) is 15.0. The van der Waals surface area contributed by atoms with Gasteiger partial charge in [0.2, 0.25) is 0 Å². The van der Waals surface area contributed by atoms with Crippen LogP contribution in [0.25, 0.3) is 0 Å². The van der Waals surface area contributed by atoms with E-state index in [1.165, 1.54) is 64.5 Å². The van der Waals surface area contributed by atoms with Crippen molar-refractivity contribution in [2.24, 2.45) is 11.7 Å². The third-order valence-corrected chi connectivity index (χ3v) is 5.44. The van der Waals surface area contributed by atoms with Crippen molar-refractivity contribution in [1.82, 2.24) is 9.80 Å². The van der Waals surface area contributed by atoms with Crippen molar-refractivity contribution in [2.45, 2.75) is 70.8 Å². The summed E-state index contributed by atoms with van der Waals surface area (Å²) >= 11 is 0. The molecule has 1 fully saturated rings. The van der Waals surface area contributed by atoms with Crippen LogP contribution < -0.4 is 5.73 Å². The van der Waals surface area contributed by atoms with Crippen LogP contribution in [0.3, 0.4) is 0 Å². The van der Waals surface area contributed by atoms with Crippen LogP contribution in [0.2, 0.25) is 0 Å². The van der Waals surface area contributed by atoms with E-state index in [-0.39, 0.29) is 5.54 Å². The fourth-order valence-corrected chi connectivity index (χ4v) is 4.12. The maximum atomic E-state index is 6.28. The molecule has 1 aliphatic carbocycles. The van der Waals surface area contributed by atoms with Gasteiger partial charge in [0.1, 0.15) is 0 Å². The van der Waals surface area contributed by atoms with E-state index < -0.39 is 0 Å². The van der Waals surface area contributed by atoms with Gasteiger partial charge in [-0.2, -0.15) is 0 Å². The fraction of sp³-hybridized carbons (Fsp3) is 1.00. The van der Waals surface area contributed by atoms with E-state index in [9.17, 15) is 0 Å². The molecule has 3 heteroatoms. The molecule has 0 saturated heterocycles. The Balaban J connectivity index is 2.62. The van der Waals surface area contributed by atoms with Gasteiger partial charge in [0, 0.05) is 12.1 Å². The van der Waals surface area contributed by atoms with Crippen molar-refractivity contribution >= 4 is 0 Å². The van der Waals surface area contributed by atoms with Crippen LogP contribution in [0.15, 0.2) is 0 Å². The Morgan fingerprint density at radius 3 is 2.43 bits per heavy atom. The number of rotatable bonds is 9. The van der Waals surface area contributed by atoms with Gasteiger partial charge in [0.25, 0.3) is 0 Å². The van der Waals surface area contributed by atoms with Gasteiger partial charge in [-0.3, -0.25) is 4.90 Å². The Labute approximate surface area is 133 Å². The summed E-state index contributed by atoms with van der Waals surface area (Å²) in [5.74, 6) is 0.948. The van der Waals surface area contributed by atoms with Crippen LogP contribution in [0.4, 0.5) is 0 Å². The summed E-state index contributed by atoms with van der Waals surface area (Å²) in [5.41, 5.74) is 6.56. The van der Waals surface area contributed by atoms with Crippen LogP contribution in [-0.2, 0) is 0 Å². The predicted molar refractivity (Wildman–Crippen MR) is 93.7 cm³/mol.